The maximum atomic E-state index is 12.2. The average Bonchev–Trinajstić information content (AvgIpc) is 2.99. The van der Waals surface area contributed by atoms with E-state index in [0.717, 1.165) is 31.7 Å². The molecule has 8 heteroatoms. The van der Waals surface area contributed by atoms with Crippen LogP contribution in [0.1, 0.15) is 41.5 Å². The quantitative estimate of drug-likeness (QED) is 0.902. The van der Waals surface area contributed by atoms with Crippen molar-refractivity contribution >= 4 is 11.7 Å². The highest BCUT2D eigenvalue weighted by molar-refractivity contribution is 5.92. The second-order valence-electron chi connectivity index (χ2n) is 5.21. The lowest BCUT2D eigenvalue weighted by atomic mass is 10.1. The SMILES string of the molecule is Cc1nnc(CNC(=O)c2cc(N3CCCCC3)ncn2)o1. The molecule has 3 rings (SSSR count). The first-order chi connectivity index (χ1) is 10.7. The molecular formula is C14H18N6O2. The fraction of sp³-hybridized carbons (Fsp3) is 0.500. The summed E-state index contributed by atoms with van der Waals surface area (Å²) in [4.78, 5) is 22.6. The molecule has 3 heterocycles. The number of carbonyl (C=O) groups is 1. The van der Waals surface area contributed by atoms with Gasteiger partial charge in [0.25, 0.3) is 5.91 Å². The molecule has 0 radical (unpaired) electrons. The molecule has 8 nitrogen and oxygen atoms in total. The molecule has 1 aliphatic heterocycles. The molecule has 0 unspecified atom stereocenters. The minimum absolute atomic E-state index is 0.183. The van der Waals surface area contributed by atoms with Gasteiger partial charge in [-0.05, 0) is 19.3 Å². The molecule has 0 spiro atoms. The molecule has 1 aliphatic rings. The van der Waals surface area contributed by atoms with E-state index in [0.29, 0.717) is 17.5 Å². The standard InChI is InChI=1S/C14H18N6O2/c1-10-18-19-13(22-10)8-15-14(21)11-7-12(17-9-16-11)20-5-3-2-4-6-20/h7,9H,2-6,8H2,1H3,(H,15,21). The van der Waals surface area contributed by atoms with Crippen LogP contribution in [0.25, 0.3) is 0 Å². The number of nitrogens with zero attached hydrogens (tertiary/aromatic N) is 5. The molecule has 22 heavy (non-hydrogen) atoms. The summed E-state index contributed by atoms with van der Waals surface area (Å²) in [7, 11) is 0. The van der Waals surface area contributed by atoms with Gasteiger partial charge in [-0.1, -0.05) is 0 Å². The third kappa shape index (κ3) is 3.38. The maximum absolute atomic E-state index is 12.2. The number of amides is 1. The molecule has 1 N–H and O–H groups in total. The molecule has 0 atom stereocenters. The molecule has 0 saturated carbocycles. The van der Waals surface area contributed by atoms with Crippen molar-refractivity contribution < 1.29 is 9.21 Å². The van der Waals surface area contributed by atoms with Gasteiger partial charge >= 0.3 is 0 Å². The van der Waals surface area contributed by atoms with Crippen molar-refractivity contribution in [2.45, 2.75) is 32.7 Å². The Morgan fingerprint density at radius 1 is 1.27 bits per heavy atom. The zero-order valence-electron chi connectivity index (χ0n) is 12.4. The van der Waals surface area contributed by atoms with Crippen molar-refractivity contribution in [3.05, 3.63) is 29.9 Å². The summed E-state index contributed by atoms with van der Waals surface area (Å²) in [5.41, 5.74) is 0.340. The van der Waals surface area contributed by atoms with Crippen LogP contribution in [0.3, 0.4) is 0 Å². The summed E-state index contributed by atoms with van der Waals surface area (Å²) in [5, 5.41) is 10.3. The van der Waals surface area contributed by atoms with Crippen LogP contribution in [-0.4, -0.2) is 39.2 Å². The van der Waals surface area contributed by atoms with Gasteiger partial charge in [-0.3, -0.25) is 4.79 Å². The van der Waals surface area contributed by atoms with E-state index in [1.54, 1.807) is 13.0 Å². The van der Waals surface area contributed by atoms with Crippen LogP contribution < -0.4 is 10.2 Å². The van der Waals surface area contributed by atoms with E-state index in [1.807, 2.05) is 0 Å². The minimum atomic E-state index is -0.281. The first kappa shape index (κ1) is 14.4. The van der Waals surface area contributed by atoms with E-state index in [2.05, 4.69) is 30.4 Å². The van der Waals surface area contributed by atoms with E-state index >= 15 is 0 Å². The number of nitrogens with one attached hydrogen (secondary N) is 1. The second kappa shape index (κ2) is 6.50. The van der Waals surface area contributed by atoms with Gasteiger partial charge in [0.1, 0.15) is 17.8 Å². The Kier molecular flexibility index (Phi) is 4.27. The fourth-order valence-corrected chi connectivity index (χ4v) is 2.42. The predicted molar refractivity (Wildman–Crippen MR) is 78.3 cm³/mol. The van der Waals surface area contributed by atoms with E-state index in [-0.39, 0.29) is 12.5 Å². The highest BCUT2D eigenvalue weighted by atomic mass is 16.4. The number of piperidine rings is 1. The average molecular weight is 302 g/mol. The third-order valence-corrected chi connectivity index (χ3v) is 3.53. The summed E-state index contributed by atoms with van der Waals surface area (Å²) in [6.07, 6.45) is 4.98. The Hall–Kier alpha value is -2.51. The summed E-state index contributed by atoms with van der Waals surface area (Å²) < 4.78 is 5.21. The van der Waals surface area contributed by atoms with Crippen LogP contribution in [0.4, 0.5) is 5.82 Å². The van der Waals surface area contributed by atoms with E-state index in [4.69, 9.17) is 4.42 Å². The first-order valence-corrected chi connectivity index (χ1v) is 7.36. The largest absolute Gasteiger partial charge is 0.424 e. The molecule has 0 bridgehead atoms. The van der Waals surface area contributed by atoms with Crippen molar-refractivity contribution in [3.8, 4) is 0 Å². The fourth-order valence-electron chi connectivity index (χ4n) is 2.42. The topological polar surface area (TPSA) is 97.0 Å². The molecule has 116 valence electrons. The molecule has 0 aromatic carbocycles. The van der Waals surface area contributed by atoms with Crippen molar-refractivity contribution in [2.75, 3.05) is 18.0 Å². The zero-order chi connectivity index (χ0) is 15.4. The summed E-state index contributed by atoms with van der Waals surface area (Å²) in [5.74, 6) is 1.36. The van der Waals surface area contributed by atoms with Crippen LogP contribution in [0, 0.1) is 6.92 Å². The third-order valence-electron chi connectivity index (χ3n) is 3.53. The number of hydrogen-bond donors (Lipinski definition) is 1. The number of anilines is 1. The van der Waals surface area contributed by atoms with Crippen molar-refractivity contribution in [2.24, 2.45) is 0 Å². The van der Waals surface area contributed by atoms with Crippen molar-refractivity contribution in [1.82, 2.24) is 25.5 Å². The van der Waals surface area contributed by atoms with Gasteiger partial charge in [-0.15, -0.1) is 10.2 Å². The summed E-state index contributed by atoms with van der Waals surface area (Å²) in [6.45, 7) is 3.83. The highest BCUT2D eigenvalue weighted by Gasteiger charge is 2.15. The van der Waals surface area contributed by atoms with Crippen molar-refractivity contribution in [1.29, 1.82) is 0 Å². The van der Waals surface area contributed by atoms with Gasteiger partial charge in [0.2, 0.25) is 11.8 Å². The highest BCUT2D eigenvalue weighted by Crippen LogP contribution is 2.17. The molecule has 2 aromatic rings. The summed E-state index contributed by atoms with van der Waals surface area (Å²) >= 11 is 0. The number of hydrogen-bond acceptors (Lipinski definition) is 7. The Morgan fingerprint density at radius 2 is 2.09 bits per heavy atom. The van der Waals surface area contributed by atoms with Gasteiger partial charge in [-0.2, -0.15) is 0 Å². The molecule has 2 aromatic heterocycles. The van der Waals surface area contributed by atoms with E-state index in [9.17, 15) is 4.79 Å². The second-order valence-corrected chi connectivity index (χ2v) is 5.21. The monoisotopic (exact) mass is 302 g/mol. The van der Waals surface area contributed by atoms with Crippen molar-refractivity contribution in [3.63, 3.8) is 0 Å². The predicted octanol–water partition coefficient (Wildman–Crippen LogP) is 1.09. The lowest BCUT2D eigenvalue weighted by Crippen LogP contribution is -2.31. The normalized spacial score (nSPS) is 14.9. The Bertz CT molecular complexity index is 650. The van der Waals surface area contributed by atoms with Crippen LogP contribution >= 0.6 is 0 Å². The lowest BCUT2D eigenvalue weighted by molar-refractivity contribution is 0.0942. The smallest absolute Gasteiger partial charge is 0.270 e. The van der Waals surface area contributed by atoms with Gasteiger partial charge in [0, 0.05) is 26.1 Å². The van der Waals surface area contributed by atoms with Crippen LogP contribution in [0.2, 0.25) is 0 Å². The van der Waals surface area contributed by atoms with Crippen LogP contribution in [-0.2, 0) is 6.54 Å². The molecule has 0 aliphatic carbocycles. The lowest BCUT2D eigenvalue weighted by Gasteiger charge is -2.27. The Morgan fingerprint density at radius 3 is 2.82 bits per heavy atom. The molecular weight excluding hydrogens is 284 g/mol. The summed E-state index contributed by atoms with van der Waals surface area (Å²) in [6, 6.07) is 1.72. The number of carbonyl (C=O) groups excluding carboxylic acids is 1. The van der Waals surface area contributed by atoms with Gasteiger partial charge < -0.3 is 14.6 Å². The van der Waals surface area contributed by atoms with Crippen LogP contribution in [0.15, 0.2) is 16.8 Å². The molecule has 1 amide bonds. The Labute approximate surface area is 128 Å². The van der Waals surface area contributed by atoms with Gasteiger partial charge in [0.15, 0.2) is 0 Å². The maximum Gasteiger partial charge on any atom is 0.270 e. The van der Waals surface area contributed by atoms with Gasteiger partial charge in [-0.25, -0.2) is 9.97 Å². The van der Waals surface area contributed by atoms with Gasteiger partial charge in [0.05, 0.1) is 6.54 Å². The first-order valence-electron chi connectivity index (χ1n) is 7.36. The van der Waals surface area contributed by atoms with E-state index < -0.39 is 0 Å². The number of rotatable bonds is 4. The molecule has 1 fully saturated rings. The van der Waals surface area contributed by atoms with Crippen LogP contribution in [0.5, 0.6) is 0 Å². The number of aromatic nitrogens is 4. The Balaban J connectivity index is 1.64. The molecule has 1 saturated heterocycles. The van der Waals surface area contributed by atoms with E-state index in [1.165, 1.54) is 12.7 Å². The minimum Gasteiger partial charge on any atom is -0.424 e. The zero-order valence-corrected chi connectivity index (χ0v) is 12.4. The number of aryl methyl sites for hydroxylation is 1.